The first kappa shape index (κ1) is 20.4. The summed E-state index contributed by atoms with van der Waals surface area (Å²) in [6.45, 7) is 4.31. The summed E-state index contributed by atoms with van der Waals surface area (Å²) < 4.78 is 6.74. The number of ether oxygens (including phenoxy) is 1. The highest BCUT2D eigenvalue weighted by Gasteiger charge is 2.21. The van der Waals surface area contributed by atoms with Crippen LogP contribution in [0.1, 0.15) is 16.7 Å². The zero-order valence-corrected chi connectivity index (χ0v) is 18.3. The molecule has 0 fully saturated rings. The molecule has 1 aromatic heterocycles. The van der Waals surface area contributed by atoms with Crippen molar-refractivity contribution < 1.29 is 9.53 Å². The number of fused-ring (bicyclic) bond motifs is 1. The number of anilines is 1. The van der Waals surface area contributed by atoms with Crippen molar-refractivity contribution in [1.29, 1.82) is 0 Å². The van der Waals surface area contributed by atoms with E-state index in [1.165, 1.54) is 11.3 Å². The monoisotopic (exact) mass is 436 g/mol. The molecule has 3 aromatic carbocycles. The average Bonchev–Trinajstić information content (AvgIpc) is 3.19. The van der Waals surface area contributed by atoms with Gasteiger partial charge in [-0.2, -0.15) is 0 Å². The van der Waals surface area contributed by atoms with Crippen molar-refractivity contribution in [3.63, 3.8) is 0 Å². The van der Waals surface area contributed by atoms with E-state index in [1.807, 2.05) is 80.6 Å². The molecule has 0 aliphatic heterocycles. The van der Waals surface area contributed by atoms with Crippen LogP contribution in [0.25, 0.3) is 10.2 Å². The van der Waals surface area contributed by atoms with Gasteiger partial charge in [0.15, 0.2) is 11.7 Å². The van der Waals surface area contributed by atoms with E-state index in [4.69, 9.17) is 21.3 Å². The SMILES string of the molecule is Cc1ccc(OCC(=O)N(Cc2ccccc2)c2nc3c(C)c(Cl)ccc3s2)cc1. The lowest BCUT2D eigenvalue weighted by atomic mass is 10.2. The Labute approximate surface area is 184 Å². The molecule has 30 heavy (non-hydrogen) atoms. The molecule has 4 rings (SSSR count). The number of halogens is 1. The van der Waals surface area contributed by atoms with Crippen molar-refractivity contribution >= 4 is 44.2 Å². The lowest BCUT2D eigenvalue weighted by Crippen LogP contribution is -2.34. The summed E-state index contributed by atoms with van der Waals surface area (Å²) >= 11 is 7.74. The minimum atomic E-state index is -0.151. The van der Waals surface area contributed by atoms with E-state index in [1.54, 1.807) is 4.90 Å². The molecule has 0 atom stereocenters. The van der Waals surface area contributed by atoms with Crippen LogP contribution in [0.2, 0.25) is 5.02 Å². The van der Waals surface area contributed by atoms with Gasteiger partial charge in [-0.1, -0.05) is 71.0 Å². The molecule has 0 N–H and O–H groups in total. The smallest absolute Gasteiger partial charge is 0.267 e. The fourth-order valence-electron chi connectivity index (χ4n) is 3.09. The molecule has 6 heteroatoms. The largest absolute Gasteiger partial charge is 0.484 e. The number of carbonyl (C=O) groups excluding carboxylic acids is 1. The lowest BCUT2D eigenvalue weighted by molar-refractivity contribution is -0.120. The third-order valence-electron chi connectivity index (χ3n) is 4.84. The zero-order valence-electron chi connectivity index (χ0n) is 16.8. The van der Waals surface area contributed by atoms with E-state index in [0.29, 0.717) is 22.4 Å². The van der Waals surface area contributed by atoms with Crippen LogP contribution in [0, 0.1) is 13.8 Å². The highest BCUT2D eigenvalue weighted by atomic mass is 35.5. The van der Waals surface area contributed by atoms with E-state index in [-0.39, 0.29) is 12.5 Å². The number of hydrogen-bond acceptors (Lipinski definition) is 4. The standard InChI is InChI=1S/C24H21ClN2O2S/c1-16-8-10-19(11-9-16)29-15-22(28)27(14-18-6-4-3-5-7-18)24-26-23-17(2)20(25)12-13-21(23)30-24/h3-13H,14-15H2,1-2H3. The van der Waals surface area contributed by atoms with Crippen molar-refractivity contribution in [3.05, 3.63) is 88.4 Å². The maximum Gasteiger partial charge on any atom is 0.267 e. The second-order valence-corrected chi connectivity index (χ2v) is 8.50. The Bertz CT molecular complexity index is 1170. The predicted octanol–water partition coefficient (Wildman–Crippen LogP) is 6.18. The second-order valence-electron chi connectivity index (χ2n) is 7.08. The summed E-state index contributed by atoms with van der Waals surface area (Å²) in [7, 11) is 0. The van der Waals surface area contributed by atoms with Gasteiger partial charge in [0, 0.05) is 5.02 Å². The van der Waals surface area contributed by atoms with Gasteiger partial charge < -0.3 is 4.74 Å². The Morgan fingerprint density at radius 3 is 2.50 bits per heavy atom. The summed E-state index contributed by atoms with van der Waals surface area (Å²) in [5.74, 6) is 0.516. The van der Waals surface area contributed by atoms with E-state index >= 15 is 0 Å². The number of nitrogens with zero attached hydrogens (tertiary/aromatic N) is 2. The molecule has 4 aromatic rings. The van der Waals surface area contributed by atoms with Crippen LogP contribution in [-0.2, 0) is 11.3 Å². The van der Waals surface area contributed by atoms with Gasteiger partial charge in [-0.15, -0.1) is 0 Å². The highest BCUT2D eigenvalue weighted by molar-refractivity contribution is 7.22. The summed E-state index contributed by atoms with van der Waals surface area (Å²) in [6, 6.07) is 21.3. The normalized spacial score (nSPS) is 10.9. The molecule has 0 saturated carbocycles. The van der Waals surface area contributed by atoms with E-state index in [9.17, 15) is 4.79 Å². The molecule has 0 saturated heterocycles. The summed E-state index contributed by atoms with van der Waals surface area (Å²) in [6.07, 6.45) is 0. The molecular weight excluding hydrogens is 416 g/mol. The molecule has 0 unspecified atom stereocenters. The minimum absolute atomic E-state index is 0.0639. The Morgan fingerprint density at radius 2 is 1.77 bits per heavy atom. The van der Waals surface area contributed by atoms with Gasteiger partial charge in [0.1, 0.15) is 5.75 Å². The maximum atomic E-state index is 13.2. The van der Waals surface area contributed by atoms with Crippen LogP contribution in [0.5, 0.6) is 5.75 Å². The molecule has 0 aliphatic rings. The topological polar surface area (TPSA) is 42.4 Å². The fraction of sp³-hybridized carbons (Fsp3) is 0.167. The minimum Gasteiger partial charge on any atom is -0.484 e. The molecule has 0 bridgehead atoms. The molecule has 152 valence electrons. The Hall–Kier alpha value is -2.89. The van der Waals surface area contributed by atoms with Gasteiger partial charge in [-0.3, -0.25) is 9.69 Å². The fourth-order valence-corrected chi connectivity index (χ4v) is 4.28. The van der Waals surface area contributed by atoms with Crippen LogP contribution in [-0.4, -0.2) is 17.5 Å². The molecule has 1 heterocycles. The summed E-state index contributed by atoms with van der Waals surface area (Å²) in [5.41, 5.74) is 3.91. The quantitative estimate of drug-likeness (QED) is 0.362. The van der Waals surface area contributed by atoms with E-state index in [2.05, 4.69) is 0 Å². The van der Waals surface area contributed by atoms with Gasteiger partial charge in [-0.25, -0.2) is 4.98 Å². The third-order valence-corrected chi connectivity index (χ3v) is 6.29. The Kier molecular flexibility index (Phi) is 6.02. The second kappa shape index (κ2) is 8.86. The summed E-state index contributed by atoms with van der Waals surface area (Å²) in [5, 5.41) is 1.31. The van der Waals surface area contributed by atoms with Crippen molar-refractivity contribution in [1.82, 2.24) is 4.98 Å². The lowest BCUT2D eigenvalue weighted by Gasteiger charge is -2.20. The number of carbonyl (C=O) groups is 1. The number of benzene rings is 3. The number of aromatic nitrogens is 1. The highest BCUT2D eigenvalue weighted by Crippen LogP contribution is 2.34. The number of aryl methyl sites for hydroxylation is 2. The molecule has 4 nitrogen and oxygen atoms in total. The first-order valence-electron chi connectivity index (χ1n) is 9.60. The number of rotatable bonds is 6. The van der Waals surface area contributed by atoms with Crippen molar-refractivity contribution in [3.8, 4) is 5.75 Å². The van der Waals surface area contributed by atoms with Gasteiger partial charge in [0.25, 0.3) is 5.91 Å². The molecular formula is C24H21ClN2O2S. The maximum absolute atomic E-state index is 13.2. The van der Waals surface area contributed by atoms with Crippen molar-refractivity contribution in [2.75, 3.05) is 11.5 Å². The van der Waals surface area contributed by atoms with Crippen LogP contribution < -0.4 is 9.64 Å². The first-order valence-corrected chi connectivity index (χ1v) is 10.8. The van der Waals surface area contributed by atoms with Crippen LogP contribution in [0.3, 0.4) is 0 Å². The van der Waals surface area contributed by atoms with Gasteiger partial charge in [0.05, 0.1) is 16.8 Å². The average molecular weight is 437 g/mol. The first-order chi connectivity index (χ1) is 14.5. The van der Waals surface area contributed by atoms with Crippen LogP contribution in [0.15, 0.2) is 66.7 Å². The van der Waals surface area contributed by atoms with Gasteiger partial charge in [0.2, 0.25) is 0 Å². The molecule has 0 radical (unpaired) electrons. The van der Waals surface area contributed by atoms with Crippen LogP contribution >= 0.6 is 22.9 Å². The van der Waals surface area contributed by atoms with Crippen molar-refractivity contribution in [2.45, 2.75) is 20.4 Å². The molecule has 0 aliphatic carbocycles. The third kappa shape index (κ3) is 4.48. The zero-order chi connectivity index (χ0) is 21.1. The van der Waals surface area contributed by atoms with Crippen molar-refractivity contribution in [2.24, 2.45) is 0 Å². The molecule has 0 spiro atoms. The number of hydrogen-bond donors (Lipinski definition) is 0. The van der Waals surface area contributed by atoms with Gasteiger partial charge in [-0.05, 0) is 49.2 Å². The van der Waals surface area contributed by atoms with E-state index < -0.39 is 0 Å². The molecule has 1 amide bonds. The van der Waals surface area contributed by atoms with Gasteiger partial charge >= 0.3 is 0 Å². The predicted molar refractivity (Wildman–Crippen MR) is 124 cm³/mol. The number of amides is 1. The summed E-state index contributed by atoms with van der Waals surface area (Å²) in [4.78, 5) is 19.6. The van der Waals surface area contributed by atoms with Crippen LogP contribution in [0.4, 0.5) is 5.13 Å². The Morgan fingerprint density at radius 1 is 1.03 bits per heavy atom. The number of thiazole rings is 1. The Balaban J connectivity index is 1.63. The van der Waals surface area contributed by atoms with E-state index in [0.717, 1.165) is 26.9 Å².